The number of nitrogens with one attached hydrogen (secondary N) is 1. The lowest BCUT2D eigenvalue weighted by molar-refractivity contribution is 0.544. The van der Waals surface area contributed by atoms with Crippen LogP contribution in [-0.2, 0) is 6.54 Å². The molecule has 1 atom stereocenters. The minimum atomic E-state index is -0.144. The fourth-order valence-electron chi connectivity index (χ4n) is 2.08. The SMILES string of the molecule is Cc1ccc([C@H](C)NCc2cc(C)ccc2F)cc1. The second kappa shape index (κ2) is 5.98. The van der Waals surface area contributed by atoms with Crippen molar-refractivity contribution >= 4 is 0 Å². The van der Waals surface area contributed by atoms with E-state index in [-0.39, 0.29) is 11.9 Å². The Bertz CT molecular complexity index is 546. The predicted molar refractivity (Wildman–Crippen MR) is 77.6 cm³/mol. The third-order valence-electron chi connectivity index (χ3n) is 3.38. The smallest absolute Gasteiger partial charge is 0.127 e. The van der Waals surface area contributed by atoms with Crippen molar-refractivity contribution < 1.29 is 4.39 Å². The maximum Gasteiger partial charge on any atom is 0.127 e. The fourth-order valence-corrected chi connectivity index (χ4v) is 2.08. The van der Waals surface area contributed by atoms with Crippen LogP contribution in [0.3, 0.4) is 0 Å². The van der Waals surface area contributed by atoms with Gasteiger partial charge in [0.05, 0.1) is 0 Å². The summed E-state index contributed by atoms with van der Waals surface area (Å²) in [6.45, 7) is 6.69. The summed E-state index contributed by atoms with van der Waals surface area (Å²) in [6, 6.07) is 13.8. The molecule has 2 rings (SSSR count). The van der Waals surface area contributed by atoms with Gasteiger partial charge in [0.15, 0.2) is 0 Å². The maximum absolute atomic E-state index is 13.6. The zero-order chi connectivity index (χ0) is 13.8. The number of rotatable bonds is 4. The molecule has 0 heterocycles. The van der Waals surface area contributed by atoms with E-state index in [9.17, 15) is 4.39 Å². The highest BCUT2D eigenvalue weighted by molar-refractivity contribution is 5.26. The summed E-state index contributed by atoms with van der Waals surface area (Å²) in [5.41, 5.74) is 4.28. The molecule has 0 saturated carbocycles. The van der Waals surface area contributed by atoms with Crippen LogP contribution in [-0.4, -0.2) is 0 Å². The monoisotopic (exact) mass is 257 g/mol. The van der Waals surface area contributed by atoms with E-state index in [1.807, 2.05) is 13.0 Å². The number of hydrogen-bond donors (Lipinski definition) is 1. The standard InChI is InChI=1S/C17H20FN/c1-12-4-7-15(8-5-12)14(3)19-11-16-10-13(2)6-9-17(16)18/h4-10,14,19H,11H2,1-3H3/t14-/m0/s1. The maximum atomic E-state index is 13.6. The van der Waals surface area contributed by atoms with Crippen molar-refractivity contribution in [1.82, 2.24) is 5.32 Å². The van der Waals surface area contributed by atoms with Gasteiger partial charge >= 0.3 is 0 Å². The Balaban J connectivity index is 2.02. The number of aryl methyl sites for hydroxylation is 2. The van der Waals surface area contributed by atoms with E-state index in [1.165, 1.54) is 17.2 Å². The lowest BCUT2D eigenvalue weighted by Crippen LogP contribution is -2.18. The minimum absolute atomic E-state index is 0.144. The molecule has 100 valence electrons. The summed E-state index contributed by atoms with van der Waals surface area (Å²) < 4.78 is 13.6. The van der Waals surface area contributed by atoms with Gasteiger partial charge < -0.3 is 5.32 Å². The lowest BCUT2D eigenvalue weighted by Gasteiger charge is -2.15. The summed E-state index contributed by atoms with van der Waals surface area (Å²) in [4.78, 5) is 0. The van der Waals surface area contributed by atoms with E-state index in [4.69, 9.17) is 0 Å². The number of hydrogen-bond acceptors (Lipinski definition) is 1. The Labute approximate surface area is 114 Å². The largest absolute Gasteiger partial charge is 0.306 e. The average Bonchev–Trinajstić information content (AvgIpc) is 2.40. The fraction of sp³-hybridized carbons (Fsp3) is 0.294. The van der Waals surface area contributed by atoms with Crippen LogP contribution in [0.5, 0.6) is 0 Å². The summed E-state index contributed by atoms with van der Waals surface area (Å²) >= 11 is 0. The molecule has 0 aliphatic rings. The molecular formula is C17H20FN. The average molecular weight is 257 g/mol. The molecule has 2 heteroatoms. The molecule has 0 spiro atoms. The quantitative estimate of drug-likeness (QED) is 0.861. The molecule has 0 amide bonds. The Morgan fingerprint density at radius 3 is 2.32 bits per heavy atom. The van der Waals surface area contributed by atoms with E-state index < -0.39 is 0 Å². The molecule has 2 aromatic rings. The summed E-state index contributed by atoms with van der Waals surface area (Å²) in [5, 5.41) is 3.36. The normalized spacial score (nSPS) is 12.4. The molecule has 0 unspecified atom stereocenters. The lowest BCUT2D eigenvalue weighted by atomic mass is 10.1. The zero-order valence-electron chi connectivity index (χ0n) is 11.7. The zero-order valence-corrected chi connectivity index (χ0v) is 11.7. The van der Waals surface area contributed by atoms with Crippen molar-refractivity contribution in [2.75, 3.05) is 0 Å². The minimum Gasteiger partial charge on any atom is -0.306 e. The second-order valence-corrected chi connectivity index (χ2v) is 5.11. The van der Waals surface area contributed by atoms with Gasteiger partial charge in [0.2, 0.25) is 0 Å². The Kier molecular flexibility index (Phi) is 4.33. The number of halogens is 1. The van der Waals surface area contributed by atoms with E-state index >= 15 is 0 Å². The first-order valence-corrected chi connectivity index (χ1v) is 6.61. The molecule has 0 aliphatic carbocycles. The molecule has 0 saturated heterocycles. The molecule has 0 aromatic heterocycles. The first-order chi connectivity index (χ1) is 9.06. The summed E-state index contributed by atoms with van der Waals surface area (Å²) in [6.07, 6.45) is 0. The van der Waals surface area contributed by atoms with E-state index in [1.54, 1.807) is 6.07 Å². The van der Waals surface area contributed by atoms with Crippen LogP contribution < -0.4 is 5.32 Å². The highest BCUT2D eigenvalue weighted by atomic mass is 19.1. The van der Waals surface area contributed by atoms with Crippen LogP contribution in [0.15, 0.2) is 42.5 Å². The molecule has 1 N–H and O–H groups in total. The Hall–Kier alpha value is -1.67. The van der Waals surface area contributed by atoms with Crippen molar-refractivity contribution in [2.45, 2.75) is 33.4 Å². The molecule has 2 aromatic carbocycles. The first-order valence-electron chi connectivity index (χ1n) is 6.61. The Morgan fingerprint density at radius 1 is 1.00 bits per heavy atom. The van der Waals surface area contributed by atoms with E-state index in [0.717, 1.165) is 11.1 Å². The summed E-state index contributed by atoms with van der Waals surface area (Å²) in [7, 11) is 0. The highest BCUT2D eigenvalue weighted by Gasteiger charge is 2.07. The van der Waals surface area contributed by atoms with Gasteiger partial charge in [-0.05, 0) is 32.4 Å². The van der Waals surface area contributed by atoms with Crippen molar-refractivity contribution in [2.24, 2.45) is 0 Å². The molecule has 1 nitrogen and oxygen atoms in total. The molecule has 19 heavy (non-hydrogen) atoms. The van der Waals surface area contributed by atoms with Gasteiger partial charge in [0.1, 0.15) is 5.82 Å². The van der Waals surface area contributed by atoms with Crippen LogP contribution in [0.1, 0.15) is 35.2 Å². The van der Waals surface area contributed by atoms with Crippen molar-refractivity contribution in [3.05, 3.63) is 70.5 Å². The predicted octanol–water partition coefficient (Wildman–Crippen LogP) is 4.29. The molecular weight excluding hydrogens is 237 g/mol. The van der Waals surface area contributed by atoms with Crippen LogP contribution in [0, 0.1) is 19.7 Å². The van der Waals surface area contributed by atoms with Crippen molar-refractivity contribution in [3.8, 4) is 0 Å². The van der Waals surface area contributed by atoms with E-state index in [2.05, 4.69) is 43.4 Å². The topological polar surface area (TPSA) is 12.0 Å². The van der Waals surface area contributed by atoms with Crippen LogP contribution in [0.2, 0.25) is 0 Å². The third-order valence-corrected chi connectivity index (χ3v) is 3.38. The number of benzene rings is 2. The van der Waals surface area contributed by atoms with Crippen LogP contribution >= 0.6 is 0 Å². The Morgan fingerprint density at radius 2 is 1.63 bits per heavy atom. The van der Waals surface area contributed by atoms with Gasteiger partial charge in [0.25, 0.3) is 0 Å². The van der Waals surface area contributed by atoms with Gasteiger partial charge in [-0.3, -0.25) is 0 Å². The van der Waals surface area contributed by atoms with Gasteiger partial charge in [-0.1, -0.05) is 47.5 Å². The highest BCUT2D eigenvalue weighted by Crippen LogP contribution is 2.15. The first kappa shape index (κ1) is 13.8. The molecule has 0 radical (unpaired) electrons. The van der Waals surface area contributed by atoms with Crippen LogP contribution in [0.4, 0.5) is 4.39 Å². The summed E-state index contributed by atoms with van der Waals surface area (Å²) in [5.74, 6) is -0.144. The van der Waals surface area contributed by atoms with Gasteiger partial charge in [-0.25, -0.2) is 4.39 Å². The van der Waals surface area contributed by atoms with Crippen molar-refractivity contribution in [3.63, 3.8) is 0 Å². The van der Waals surface area contributed by atoms with Crippen molar-refractivity contribution in [1.29, 1.82) is 0 Å². The van der Waals surface area contributed by atoms with Gasteiger partial charge in [-0.15, -0.1) is 0 Å². The second-order valence-electron chi connectivity index (χ2n) is 5.11. The van der Waals surface area contributed by atoms with Crippen LogP contribution in [0.25, 0.3) is 0 Å². The molecule has 0 aliphatic heterocycles. The van der Waals surface area contributed by atoms with E-state index in [0.29, 0.717) is 6.54 Å². The van der Waals surface area contributed by atoms with Gasteiger partial charge in [-0.2, -0.15) is 0 Å². The molecule has 0 fully saturated rings. The molecule has 0 bridgehead atoms. The third kappa shape index (κ3) is 3.65. The van der Waals surface area contributed by atoms with Gasteiger partial charge in [0, 0.05) is 18.2 Å².